The first-order chi connectivity index (χ1) is 13.5. The molecular weight excluding hydrogens is 352 g/mol. The van der Waals surface area contributed by atoms with E-state index in [9.17, 15) is 9.59 Å². The molecule has 0 radical (unpaired) electrons. The summed E-state index contributed by atoms with van der Waals surface area (Å²) in [6.45, 7) is 7.98. The Morgan fingerprint density at radius 2 is 1.46 bits per heavy atom. The Bertz CT molecular complexity index is 904. The molecule has 1 aliphatic rings. The predicted octanol–water partition coefficient (Wildman–Crippen LogP) is 4.40. The molecule has 0 amide bonds. The second-order valence-electron chi connectivity index (χ2n) is 7.04. The summed E-state index contributed by atoms with van der Waals surface area (Å²) in [5, 5.41) is 0. The number of hydrogen-bond acceptors (Lipinski definition) is 4. The molecule has 3 rings (SSSR count). The molecular formula is C24H26O4. The molecule has 2 aromatic carbocycles. The van der Waals surface area contributed by atoms with Crippen LogP contribution in [0.2, 0.25) is 0 Å². The zero-order valence-electron chi connectivity index (χ0n) is 16.9. The van der Waals surface area contributed by atoms with Crippen molar-refractivity contribution in [2.75, 3.05) is 13.2 Å². The van der Waals surface area contributed by atoms with E-state index in [4.69, 9.17) is 9.47 Å². The minimum atomic E-state index is -1.05. The summed E-state index contributed by atoms with van der Waals surface area (Å²) in [4.78, 5) is 25.5. The van der Waals surface area contributed by atoms with Crippen LogP contribution in [0.25, 0.3) is 5.57 Å². The smallest absolute Gasteiger partial charge is 0.324 e. The molecule has 0 atom stereocenters. The van der Waals surface area contributed by atoms with Crippen molar-refractivity contribution in [3.8, 4) is 0 Å². The van der Waals surface area contributed by atoms with Crippen LogP contribution in [0, 0.1) is 19.8 Å². The Balaban J connectivity index is 2.19. The maximum Gasteiger partial charge on any atom is 0.324 e. The summed E-state index contributed by atoms with van der Waals surface area (Å²) in [7, 11) is 0. The van der Waals surface area contributed by atoms with E-state index in [1.807, 2.05) is 38.1 Å². The average Bonchev–Trinajstić information content (AvgIpc) is 3.01. The Morgan fingerprint density at radius 1 is 0.893 bits per heavy atom. The van der Waals surface area contributed by atoms with E-state index in [0.717, 1.165) is 39.0 Å². The number of fused-ring (bicyclic) bond motifs is 1. The number of hydrogen-bond donors (Lipinski definition) is 0. The molecule has 0 heterocycles. The number of carbonyl (C=O) groups is 2. The van der Waals surface area contributed by atoms with E-state index >= 15 is 0 Å². The van der Waals surface area contributed by atoms with Crippen LogP contribution in [0.15, 0.2) is 48.0 Å². The highest BCUT2D eigenvalue weighted by Crippen LogP contribution is 2.41. The normalized spacial score (nSPS) is 12.9. The molecule has 28 heavy (non-hydrogen) atoms. The number of esters is 2. The van der Waals surface area contributed by atoms with Crippen molar-refractivity contribution in [3.63, 3.8) is 0 Å². The highest BCUT2D eigenvalue weighted by atomic mass is 16.6. The van der Waals surface area contributed by atoms with E-state index in [1.54, 1.807) is 13.8 Å². The minimum absolute atomic E-state index is 0.216. The van der Waals surface area contributed by atoms with Gasteiger partial charge in [-0.05, 0) is 62.0 Å². The molecule has 0 saturated carbocycles. The third kappa shape index (κ3) is 3.86. The summed E-state index contributed by atoms with van der Waals surface area (Å²) in [5.41, 5.74) is 7.14. The largest absolute Gasteiger partial charge is 0.465 e. The van der Waals surface area contributed by atoms with Crippen LogP contribution < -0.4 is 0 Å². The zero-order chi connectivity index (χ0) is 20.3. The van der Waals surface area contributed by atoms with Crippen LogP contribution in [-0.2, 0) is 25.5 Å². The van der Waals surface area contributed by atoms with E-state index in [0.29, 0.717) is 6.42 Å². The fraction of sp³-hybridized carbons (Fsp3) is 0.333. The van der Waals surface area contributed by atoms with E-state index in [2.05, 4.69) is 18.2 Å². The fourth-order valence-electron chi connectivity index (χ4n) is 3.72. The molecule has 4 heteroatoms. The summed E-state index contributed by atoms with van der Waals surface area (Å²) in [5.74, 6) is -2.15. The van der Waals surface area contributed by atoms with Crippen molar-refractivity contribution in [1.82, 2.24) is 0 Å². The molecule has 0 fully saturated rings. The molecule has 2 aromatic rings. The van der Waals surface area contributed by atoms with Gasteiger partial charge < -0.3 is 9.47 Å². The lowest BCUT2D eigenvalue weighted by Crippen LogP contribution is -2.30. The number of ether oxygens (including phenoxy) is 2. The van der Waals surface area contributed by atoms with Gasteiger partial charge >= 0.3 is 11.9 Å². The van der Waals surface area contributed by atoms with Crippen LogP contribution in [0.1, 0.15) is 41.7 Å². The van der Waals surface area contributed by atoms with Gasteiger partial charge in [0.25, 0.3) is 0 Å². The molecule has 0 spiro atoms. The van der Waals surface area contributed by atoms with Crippen molar-refractivity contribution < 1.29 is 19.1 Å². The van der Waals surface area contributed by atoms with E-state index in [1.165, 1.54) is 0 Å². The summed E-state index contributed by atoms with van der Waals surface area (Å²) < 4.78 is 10.5. The number of aryl methyl sites for hydroxylation is 2. The lowest BCUT2D eigenvalue weighted by atomic mass is 9.90. The number of benzene rings is 2. The second-order valence-corrected chi connectivity index (χ2v) is 7.04. The Kier molecular flexibility index (Phi) is 5.98. The van der Waals surface area contributed by atoms with Crippen LogP contribution in [-0.4, -0.2) is 25.2 Å². The molecule has 0 N–H and O–H groups in total. The first-order valence-electron chi connectivity index (χ1n) is 9.69. The van der Waals surface area contributed by atoms with Gasteiger partial charge in [-0.15, -0.1) is 0 Å². The van der Waals surface area contributed by atoms with Crippen LogP contribution >= 0.6 is 0 Å². The van der Waals surface area contributed by atoms with Gasteiger partial charge in [0.1, 0.15) is 0 Å². The summed E-state index contributed by atoms with van der Waals surface area (Å²) in [6.07, 6.45) is 0.530. The highest BCUT2D eigenvalue weighted by Gasteiger charge is 2.38. The SMILES string of the molecule is CCOC(=O)C(C(=O)OCC)C1=C(c2ccc(C)cc2)c2ccc(C)cc2C1. The van der Waals surface area contributed by atoms with Crippen molar-refractivity contribution >= 4 is 17.5 Å². The topological polar surface area (TPSA) is 52.6 Å². The Labute approximate surface area is 166 Å². The monoisotopic (exact) mass is 378 g/mol. The predicted molar refractivity (Wildman–Crippen MR) is 109 cm³/mol. The Hall–Kier alpha value is -2.88. The van der Waals surface area contributed by atoms with Gasteiger partial charge in [0.15, 0.2) is 5.92 Å². The average molecular weight is 378 g/mol. The molecule has 0 bridgehead atoms. The molecule has 146 valence electrons. The first kappa shape index (κ1) is 19.9. The van der Waals surface area contributed by atoms with Gasteiger partial charge in [-0.2, -0.15) is 0 Å². The van der Waals surface area contributed by atoms with Gasteiger partial charge in [-0.1, -0.05) is 53.6 Å². The fourth-order valence-corrected chi connectivity index (χ4v) is 3.72. The summed E-state index contributed by atoms with van der Waals surface area (Å²) in [6, 6.07) is 14.4. The third-order valence-electron chi connectivity index (χ3n) is 4.97. The molecule has 4 nitrogen and oxygen atoms in total. The van der Waals surface area contributed by atoms with Crippen LogP contribution in [0.3, 0.4) is 0 Å². The number of carbonyl (C=O) groups excluding carboxylic acids is 2. The van der Waals surface area contributed by atoms with E-state index < -0.39 is 17.9 Å². The van der Waals surface area contributed by atoms with Crippen molar-refractivity contribution in [2.45, 2.75) is 34.1 Å². The van der Waals surface area contributed by atoms with Gasteiger partial charge in [0.2, 0.25) is 0 Å². The van der Waals surface area contributed by atoms with E-state index in [-0.39, 0.29) is 13.2 Å². The lowest BCUT2D eigenvalue weighted by molar-refractivity contribution is -0.159. The highest BCUT2D eigenvalue weighted by molar-refractivity contribution is 6.03. The van der Waals surface area contributed by atoms with Crippen molar-refractivity contribution in [2.24, 2.45) is 5.92 Å². The number of rotatable bonds is 6. The van der Waals surface area contributed by atoms with Gasteiger partial charge in [-0.25, -0.2) is 0 Å². The van der Waals surface area contributed by atoms with Gasteiger partial charge in [-0.3, -0.25) is 9.59 Å². The minimum Gasteiger partial charge on any atom is -0.465 e. The zero-order valence-corrected chi connectivity index (χ0v) is 16.9. The first-order valence-corrected chi connectivity index (χ1v) is 9.69. The van der Waals surface area contributed by atoms with Crippen molar-refractivity contribution in [1.29, 1.82) is 0 Å². The third-order valence-corrected chi connectivity index (χ3v) is 4.97. The molecule has 0 saturated heterocycles. The standard InChI is InChI=1S/C24H26O4/c1-5-27-23(25)22(24(26)28-6-2)20-14-18-13-16(4)9-12-19(18)21(20)17-10-7-15(3)8-11-17/h7-13,22H,5-6,14H2,1-4H3. The Morgan fingerprint density at radius 3 is 2.04 bits per heavy atom. The van der Waals surface area contributed by atoms with Crippen molar-refractivity contribution in [3.05, 3.63) is 75.9 Å². The van der Waals surface area contributed by atoms with Gasteiger partial charge in [0, 0.05) is 0 Å². The molecule has 0 aliphatic heterocycles. The maximum absolute atomic E-state index is 12.7. The quantitative estimate of drug-likeness (QED) is 0.552. The second kappa shape index (κ2) is 8.42. The maximum atomic E-state index is 12.7. The summed E-state index contributed by atoms with van der Waals surface area (Å²) >= 11 is 0. The van der Waals surface area contributed by atoms with Crippen LogP contribution in [0.5, 0.6) is 0 Å². The molecule has 0 aromatic heterocycles. The van der Waals surface area contributed by atoms with Gasteiger partial charge in [0.05, 0.1) is 13.2 Å². The molecule has 0 unspecified atom stereocenters. The van der Waals surface area contributed by atoms with Crippen LogP contribution in [0.4, 0.5) is 0 Å². The lowest BCUT2D eigenvalue weighted by Gasteiger charge is -2.18. The molecule has 1 aliphatic carbocycles.